The fraction of sp³-hybridized carbons (Fsp3) is 0.793. The van der Waals surface area contributed by atoms with Crippen molar-refractivity contribution in [2.24, 2.45) is 22.7 Å². The van der Waals surface area contributed by atoms with Crippen molar-refractivity contribution in [3.05, 3.63) is 23.8 Å². The van der Waals surface area contributed by atoms with E-state index >= 15 is 0 Å². The van der Waals surface area contributed by atoms with Gasteiger partial charge >= 0.3 is 11.9 Å². The molecule has 11 heteroatoms. The number of fused-ring (bicyclic) bond motifs is 1. The molecule has 3 aliphatic rings. The summed E-state index contributed by atoms with van der Waals surface area (Å²) in [5.41, 5.74) is 1.24. The number of ether oxygens (including phenoxy) is 3. The van der Waals surface area contributed by atoms with Crippen LogP contribution in [-0.4, -0.2) is 98.7 Å². The van der Waals surface area contributed by atoms with Gasteiger partial charge in [0.1, 0.15) is 37.4 Å². The van der Waals surface area contributed by atoms with Crippen molar-refractivity contribution >= 4 is 11.9 Å². The quantitative estimate of drug-likeness (QED) is 0.0963. The van der Waals surface area contributed by atoms with Crippen LogP contribution in [-0.2, 0) is 23.8 Å². The lowest BCUT2D eigenvalue weighted by atomic mass is 9.46. The zero-order valence-electron chi connectivity index (χ0n) is 23.9. The van der Waals surface area contributed by atoms with E-state index in [-0.39, 0.29) is 23.9 Å². The largest absolute Gasteiger partial charge is 0.481 e. The minimum absolute atomic E-state index is 0.00548. The Hall–Kier alpha value is -1.86. The van der Waals surface area contributed by atoms with E-state index in [9.17, 15) is 35.1 Å². The first-order valence-electron chi connectivity index (χ1n) is 14.0. The van der Waals surface area contributed by atoms with Crippen molar-refractivity contribution in [2.45, 2.75) is 109 Å². The van der Waals surface area contributed by atoms with E-state index in [2.05, 4.69) is 13.5 Å². The molecule has 11 nitrogen and oxygen atoms in total. The van der Waals surface area contributed by atoms with Crippen LogP contribution in [0.5, 0.6) is 0 Å². The monoisotopic (exact) mass is 570 g/mol. The number of rotatable bonds is 10. The standard InChI is InChI=1S/C29H46O11/c1-15(9-11-30)6-7-17-16(2)18(12-20-28(3,4)21(31)8-10-29(17,20)5)39-27-26(37)25(36)24(35)19(40-27)14-38-23(34)13-22(32)33/h9,17-21,24-27,30-31,35-37H,2,6-8,10-14H2,1,3-5H3,(H,32,33)/b15-9-. The highest BCUT2D eigenvalue weighted by Crippen LogP contribution is 2.62. The molecular weight excluding hydrogens is 524 g/mol. The van der Waals surface area contributed by atoms with Gasteiger partial charge in [0, 0.05) is 0 Å². The van der Waals surface area contributed by atoms with Crippen LogP contribution in [0.25, 0.3) is 0 Å². The highest BCUT2D eigenvalue weighted by molar-refractivity contribution is 5.90. The Balaban J connectivity index is 1.83. The van der Waals surface area contributed by atoms with Gasteiger partial charge in [0.15, 0.2) is 6.29 Å². The van der Waals surface area contributed by atoms with Crippen molar-refractivity contribution < 1.29 is 54.4 Å². The van der Waals surface area contributed by atoms with E-state index in [1.807, 2.05) is 20.8 Å². The van der Waals surface area contributed by atoms with Crippen molar-refractivity contribution in [1.82, 2.24) is 0 Å². The molecular formula is C29H46O11. The summed E-state index contributed by atoms with van der Waals surface area (Å²) >= 11 is 0. The molecule has 40 heavy (non-hydrogen) atoms. The second-order valence-corrected chi connectivity index (χ2v) is 12.5. The highest BCUT2D eigenvalue weighted by atomic mass is 16.7. The van der Waals surface area contributed by atoms with Gasteiger partial charge in [0.05, 0.1) is 18.8 Å². The Morgan fingerprint density at radius 1 is 1.12 bits per heavy atom. The first-order valence-corrected chi connectivity index (χ1v) is 14.0. The first kappa shape index (κ1) is 32.7. The SMILES string of the molecule is C=C1C(OC2OC(COC(=O)CC(=O)O)C(O)C(O)C2O)CC2C(C)(C)C(O)CCC2(C)C1CC/C(C)=C\CO. The van der Waals surface area contributed by atoms with E-state index < -0.39 is 73.3 Å². The summed E-state index contributed by atoms with van der Waals surface area (Å²) in [5, 5.41) is 60.6. The van der Waals surface area contributed by atoms with Gasteiger partial charge in [-0.15, -0.1) is 0 Å². The summed E-state index contributed by atoms with van der Waals surface area (Å²) < 4.78 is 16.9. The van der Waals surface area contributed by atoms with Gasteiger partial charge in [-0.05, 0) is 67.3 Å². The van der Waals surface area contributed by atoms with Crippen molar-refractivity contribution in [2.75, 3.05) is 13.2 Å². The Morgan fingerprint density at radius 2 is 1.80 bits per heavy atom. The van der Waals surface area contributed by atoms with Crippen LogP contribution in [0.15, 0.2) is 23.8 Å². The molecule has 10 atom stereocenters. The van der Waals surface area contributed by atoms with Gasteiger partial charge in [-0.25, -0.2) is 0 Å². The molecule has 2 saturated carbocycles. The zero-order valence-corrected chi connectivity index (χ0v) is 23.9. The van der Waals surface area contributed by atoms with Crippen LogP contribution >= 0.6 is 0 Å². The van der Waals surface area contributed by atoms with Crippen LogP contribution in [0, 0.1) is 22.7 Å². The lowest BCUT2D eigenvalue weighted by molar-refractivity contribution is -0.314. The third-order valence-corrected chi connectivity index (χ3v) is 9.55. The van der Waals surface area contributed by atoms with Gasteiger partial charge in [-0.1, -0.05) is 39.0 Å². The van der Waals surface area contributed by atoms with Crippen LogP contribution in [0.2, 0.25) is 0 Å². The molecule has 1 aliphatic heterocycles. The number of esters is 1. The Morgan fingerprint density at radius 3 is 2.42 bits per heavy atom. The molecule has 10 unspecified atom stereocenters. The Kier molecular flexibility index (Phi) is 10.6. The average Bonchev–Trinajstić information content (AvgIpc) is 2.87. The fourth-order valence-corrected chi connectivity index (χ4v) is 7.05. The Labute approximate surface area is 235 Å². The summed E-state index contributed by atoms with van der Waals surface area (Å²) in [7, 11) is 0. The van der Waals surface area contributed by atoms with Crippen LogP contribution in [0.4, 0.5) is 0 Å². The van der Waals surface area contributed by atoms with E-state index in [4.69, 9.17) is 19.3 Å². The van der Waals surface area contributed by atoms with Gasteiger partial charge in [0.2, 0.25) is 0 Å². The number of hydrogen-bond donors (Lipinski definition) is 6. The summed E-state index contributed by atoms with van der Waals surface area (Å²) in [6, 6.07) is 0. The van der Waals surface area contributed by atoms with Gasteiger partial charge in [-0.2, -0.15) is 0 Å². The number of carbonyl (C=O) groups excluding carboxylic acids is 1. The molecule has 1 heterocycles. The predicted octanol–water partition coefficient (Wildman–Crippen LogP) is 1.30. The molecule has 0 aromatic rings. The molecule has 2 aliphatic carbocycles. The summed E-state index contributed by atoms with van der Waals surface area (Å²) in [6.45, 7) is 12.1. The smallest absolute Gasteiger partial charge is 0.317 e. The topological polar surface area (TPSA) is 183 Å². The lowest BCUT2D eigenvalue weighted by Crippen LogP contribution is -2.61. The maximum Gasteiger partial charge on any atom is 0.317 e. The number of carboxylic acid groups (broad SMARTS) is 1. The second-order valence-electron chi connectivity index (χ2n) is 12.5. The van der Waals surface area contributed by atoms with Crippen molar-refractivity contribution in [3.63, 3.8) is 0 Å². The van der Waals surface area contributed by atoms with E-state index in [1.165, 1.54) is 0 Å². The van der Waals surface area contributed by atoms with Crippen molar-refractivity contribution in [3.8, 4) is 0 Å². The van der Waals surface area contributed by atoms with Crippen molar-refractivity contribution in [1.29, 1.82) is 0 Å². The number of carbonyl (C=O) groups is 2. The summed E-state index contributed by atoms with van der Waals surface area (Å²) in [5.74, 6) is -2.39. The molecule has 0 aromatic carbocycles. The predicted molar refractivity (Wildman–Crippen MR) is 143 cm³/mol. The molecule has 0 amide bonds. The fourth-order valence-electron chi connectivity index (χ4n) is 7.05. The molecule has 0 radical (unpaired) electrons. The van der Waals surface area contributed by atoms with Gasteiger partial charge in [-0.3, -0.25) is 9.59 Å². The zero-order chi connectivity index (χ0) is 30.0. The second kappa shape index (κ2) is 13.0. The number of aliphatic hydroxyl groups is 5. The van der Waals surface area contributed by atoms with E-state index in [0.29, 0.717) is 12.8 Å². The first-order chi connectivity index (χ1) is 18.6. The van der Waals surface area contributed by atoms with Crippen LogP contribution in [0.3, 0.4) is 0 Å². The van der Waals surface area contributed by atoms with Crippen LogP contribution in [0.1, 0.15) is 66.2 Å². The molecule has 6 N–H and O–H groups in total. The average molecular weight is 571 g/mol. The number of carboxylic acids is 1. The molecule has 0 spiro atoms. The number of aliphatic carboxylic acids is 1. The number of allylic oxidation sites excluding steroid dienone is 1. The highest BCUT2D eigenvalue weighted by Gasteiger charge is 2.58. The molecule has 0 bridgehead atoms. The van der Waals surface area contributed by atoms with E-state index in [0.717, 1.165) is 30.4 Å². The van der Waals surface area contributed by atoms with E-state index in [1.54, 1.807) is 6.08 Å². The maximum atomic E-state index is 11.7. The third-order valence-electron chi connectivity index (χ3n) is 9.55. The van der Waals surface area contributed by atoms with Gasteiger partial charge in [0.25, 0.3) is 0 Å². The summed E-state index contributed by atoms with van der Waals surface area (Å²) in [4.78, 5) is 22.4. The van der Waals surface area contributed by atoms with Gasteiger partial charge < -0.3 is 44.8 Å². The minimum atomic E-state index is -1.67. The number of aliphatic hydroxyl groups excluding tert-OH is 5. The minimum Gasteiger partial charge on any atom is -0.481 e. The normalized spacial score (nSPS) is 39.9. The van der Waals surface area contributed by atoms with Crippen LogP contribution < -0.4 is 0 Å². The Bertz CT molecular complexity index is 962. The molecule has 3 rings (SSSR count). The summed E-state index contributed by atoms with van der Waals surface area (Å²) in [6.07, 6.45) is -4.30. The molecule has 3 fully saturated rings. The third kappa shape index (κ3) is 6.78. The molecule has 1 saturated heterocycles. The lowest BCUT2D eigenvalue weighted by Gasteiger charge is -2.61. The maximum absolute atomic E-state index is 11.7. The molecule has 0 aromatic heterocycles. The number of hydrogen-bond acceptors (Lipinski definition) is 10. The molecule has 228 valence electrons.